The molecule has 1 fully saturated rings. The van der Waals surface area contributed by atoms with E-state index in [0.717, 1.165) is 32.1 Å². The summed E-state index contributed by atoms with van der Waals surface area (Å²) in [6, 6.07) is 14.2. The Bertz CT molecular complexity index is 529. The monoisotopic (exact) mass is 300 g/mol. The van der Waals surface area contributed by atoms with E-state index in [1.807, 2.05) is 11.3 Å². The van der Waals surface area contributed by atoms with E-state index >= 15 is 0 Å². The van der Waals surface area contributed by atoms with E-state index < -0.39 is 0 Å². The van der Waals surface area contributed by atoms with Crippen LogP contribution in [-0.2, 0) is 19.5 Å². The second-order valence-electron chi connectivity index (χ2n) is 6.04. The number of rotatable bonds is 8. The Kier molecular flexibility index (Phi) is 5.07. The van der Waals surface area contributed by atoms with Crippen molar-refractivity contribution in [1.29, 1.82) is 0 Å². The summed E-state index contributed by atoms with van der Waals surface area (Å²) >= 11 is 1.85. The molecule has 0 bridgehead atoms. The number of thiophene rings is 1. The number of nitrogens with zero attached hydrogens (tertiary/aromatic N) is 1. The average Bonchev–Trinajstić information content (AvgIpc) is 3.18. The van der Waals surface area contributed by atoms with Crippen molar-refractivity contribution in [3.8, 4) is 0 Å². The molecule has 0 aliphatic heterocycles. The highest BCUT2D eigenvalue weighted by molar-refractivity contribution is 7.09. The summed E-state index contributed by atoms with van der Waals surface area (Å²) in [7, 11) is 2.20. The van der Waals surface area contributed by atoms with E-state index in [1.165, 1.54) is 28.8 Å². The van der Waals surface area contributed by atoms with Crippen LogP contribution in [0.25, 0.3) is 0 Å². The van der Waals surface area contributed by atoms with E-state index in [9.17, 15) is 0 Å². The van der Waals surface area contributed by atoms with Crippen LogP contribution in [0, 0.1) is 0 Å². The summed E-state index contributed by atoms with van der Waals surface area (Å²) in [6.07, 6.45) is 3.86. The SMILES string of the molecule is CN(CCc1cccs1)Cc1ccc(CNC2CC2)cc1. The lowest BCUT2D eigenvalue weighted by molar-refractivity contribution is 0.332. The predicted octanol–water partition coefficient (Wildman–Crippen LogP) is 3.67. The lowest BCUT2D eigenvalue weighted by Crippen LogP contribution is -2.20. The molecule has 3 heteroatoms. The molecule has 3 rings (SSSR count). The molecule has 1 aromatic heterocycles. The smallest absolute Gasteiger partial charge is 0.0230 e. The lowest BCUT2D eigenvalue weighted by Gasteiger charge is -2.16. The molecule has 21 heavy (non-hydrogen) atoms. The maximum atomic E-state index is 3.56. The van der Waals surface area contributed by atoms with Gasteiger partial charge in [-0.3, -0.25) is 0 Å². The van der Waals surface area contributed by atoms with Crippen LogP contribution in [0.15, 0.2) is 41.8 Å². The third kappa shape index (κ3) is 4.95. The summed E-state index contributed by atoms with van der Waals surface area (Å²) in [5.74, 6) is 0. The summed E-state index contributed by atoms with van der Waals surface area (Å²) in [6.45, 7) is 3.16. The molecular formula is C18H24N2S. The highest BCUT2D eigenvalue weighted by Crippen LogP contribution is 2.19. The van der Waals surface area contributed by atoms with Gasteiger partial charge in [0.2, 0.25) is 0 Å². The fourth-order valence-electron chi connectivity index (χ4n) is 2.46. The summed E-state index contributed by atoms with van der Waals surface area (Å²) < 4.78 is 0. The van der Waals surface area contributed by atoms with Crippen molar-refractivity contribution in [3.05, 3.63) is 57.8 Å². The normalized spacial score (nSPS) is 14.8. The van der Waals surface area contributed by atoms with E-state index in [4.69, 9.17) is 0 Å². The molecule has 1 saturated carbocycles. The number of hydrogen-bond donors (Lipinski definition) is 1. The Morgan fingerprint density at radius 3 is 2.57 bits per heavy atom. The first kappa shape index (κ1) is 14.8. The van der Waals surface area contributed by atoms with E-state index in [2.05, 4.69) is 59.0 Å². The van der Waals surface area contributed by atoms with Gasteiger partial charge in [0.25, 0.3) is 0 Å². The molecule has 0 spiro atoms. The molecule has 1 aliphatic carbocycles. The third-order valence-corrected chi connectivity index (χ3v) is 4.90. The molecule has 2 nitrogen and oxygen atoms in total. The Morgan fingerprint density at radius 1 is 1.14 bits per heavy atom. The van der Waals surface area contributed by atoms with Crippen molar-refractivity contribution in [2.45, 2.75) is 38.4 Å². The molecule has 1 N–H and O–H groups in total. The van der Waals surface area contributed by atoms with E-state index in [-0.39, 0.29) is 0 Å². The van der Waals surface area contributed by atoms with Gasteiger partial charge in [-0.05, 0) is 48.9 Å². The van der Waals surface area contributed by atoms with Gasteiger partial charge < -0.3 is 10.2 Å². The molecule has 1 aliphatic rings. The van der Waals surface area contributed by atoms with Crippen molar-refractivity contribution >= 4 is 11.3 Å². The highest BCUT2D eigenvalue weighted by Gasteiger charge is 2.19. The van der Waals surface area contributed by atoms with E-state index in [1.54, 1.807) is 0 Å². The highest BCUT2D eigenvalue weighted by atomic mass is 32.1. The first-order valence-electron chi connectivity index (χ1n) is 7.82. The number of hydrogen-bond acceptors (Lipinski definition) is 3. The molecular weight excluding hydrogens is 276 g/mol. The second kappa shape index (κ2) is 7.21. The van der Waals surface area contributed by atoms with Gasteiger partial charge in [0, 0.05) is 30.6 Å². The number of benzene rings is 1. The molecule has 1 aromatic carbocycles. The molecule has 2 aromatic rings. The van der Waals surface area contributed by atoms with Crippen LogP contribution in [0.1, 0.15) is 28.8 Å². The quantitative estimate of drug-likeness (QED) is 0.800. The molecule has 0 amide bonds. The van der Waals surface area contributed by atoms with Gasteiger partial charge in [-0.25, -0.2) is 0 Å². The fourth-order valence-corrected chi connectivity index (χ4v) is 3.16. The second-order valence-corrected chi connectivity index (χ2v) is 7.07. The third-order valence-electron chi connectivity index (χ3n) is 3.97. The fraction of sp³-hybridized carbons (Fsp3) is 0.444. The van der Waals surface area contributed by atoms with Gasteiger partial charge in [-0.15, -0.1) is 11.3 Å². The molecule has 1 heterocycles. The Labute approximate surface area is 131 Å². The lowest BCUT2D eigenvalue weighted by atomic mass is 10.1. The molecule has 0 unspecified atom stereocenters. The molecule has 112 valence electrons. The van der Waals surface area contributed by atoms with Crippen molar-refractivity contribution < 1.29 is 0 Å². The van der Waals surface area contributed by atoms with Crippen LogP contribution >= 0.6 is 11.3 Å². The zero-order chi connectivity index (χ0) is 14.5. The van der Waals surface area contributed by atoms with Crippen molar-refractivity contribution in [2.24, 2.45) is 0 Å². The van der Waals surface area contributed by atoms with Crippen molar-refractivity contribution in [3.63, 3.8) is 0 Å². The van der Waals surface area contributed by atoms with Gasteiger partial charge >= 0.3 is 0 Å². The van der Waals surface area contributed by atoms with Gasteiger partial charge in [0.15, 0.2) is 0 Å². The van der Waals surface area contributed by atoms with Crippen LogP contribution in [0.2, 0.25) is 0 Å². The Morgan fingerprint density at radius 2 is 1.90 bits per heavy atom. The van der Waals surface area contributed by atoms with Crippen LogP contribution in [0.5, 0.6) is 0 Å². The largest absolute Gasteiger partial charge is 0.310 e. The van der Waals surface area contributed by atoms with Crippen LogP contribution in [-0.4, -0.2) is 24.5 Å². The summed E-state index contributed by atoms with van der Waals surface area (Å²) in [5.41, 5.74) is 2.80. The van der Waals surface area contributed by atoms with Crippen molar-refractivity contribution in [2.75, 3.05) is 13.6 Å². The number of likely N-dealkylation sites (N-methyl/N-ethyl adjacent to an activating group) is 1. The summed E-state index contributed by atoms with van der Waals surface area (Å²) in [4.78, 5) is 3.88. The predicted molar refractivity (Wildman–Crippen MR) is 90.7 cm³/mol. The van der Waals surface area contributed by atoms with Gasteiger partial charge in [-0.2, -0.15) is 0 Å². The number of nitrogens with one attached hydrogen (secondary N) is 1. The molecule has 0 atom stereocenters. The maximum Gasteiger partial charge on any atom is 0.0230 e. The minimum Gasteiger partial charge on any atom is -0.310 e. The standard InChI is InChI=1S/C18H24N2S/c1-20(11-10-18-3-2-12-21-18)14-16-6-4-15(5-7-16)13-19-17-8-9-17/h2-7,12,17,19H,8-11,13-14H2,1H3. The van der Waals surface area contributed by atoms with Gasteiger partial charge in [-0.1, -0.05) is 30.3 Å². The maximum absolute atomic E-state index is 3.56. The zero-order valence-electron chi connectivity index (χ0n) is 12.7. The van der Waals surface area contributed by atoms with Crippen LogP contribution < -0.4 is 5.32 Å². The van der Waals surface area contributed by atoms with E-state index in [0.29, 0.717) is 0 Å². The van der Waals surface area contributed by atoms with Crippen LogP contribution in [0.3, 0.4) is 0 Å². The topological polar surface area (TPSA) is 15.3 Å². The summed E-state index contributed by atoms with van der Waals surface area (Å²) in [5, 5.41) is 5.72. The minimum atomic E-state index is 0.785. The van der Waals surface area contributed by atoms with Crippen LogP contribution in [0.4, 0.5) is 0 Å². The minimum absolute atomic E-state index is 0.785. The molecule has 0 saturated heterocycles. The molecule has 0 radical (unpaired) electrons. The van der Waals surface area contributed by atoms with Gasteiger partial charge in [0.05, 0.1) is 0 Å². The van der Waals surface area contributed by atoms with Crippen molar-refractivity contribution in [1.82, 2.24) is 10.2 Å². The first-order chi connectivity index (χ1) is 10.3. The Hall–Kier alpha value is -1.16. The van der Waals surface area contributed by atoms with Gasteiger partial charge in [0.1, 0.15) is 0 Å². The average molecular weight is 300 g/mol. The zero-order valence-corrected chi connectivity index (χ0v) is 13.5. The Balaban J connectivity index is 1.42. The first-order valence-corrected chi connectivity index (χ1v) is 8.70.